The van der Waals surface area contributed by atoms with Crippen LogP contribution in [0.25, 0.3) is 10.8 Å². The Hall–Kier alpha value is -1.97. The fraction of sp³-hybridized carbons (Fsp3) is 0.360. The summed E-state index contributed by atoms with van der Waals surface area (Å²) in [5, 5.41) is 2.64. The first-order chi connectivity index (χ1) is 13.8. The Balaban J connectivity index is 1.64. The zero-order chi connectivity index (χ0) is 19.6. The minimum absolute atomic E-state index is 1.08. The second-order valence-corrected chi connectivity index (χ2v) is 8.23. The van der Waals surface area contributed by atoms with Crippen LogP contribution in [-0.2, 0) is 0 Å². The molecule has 0 heterocycles. The Morgan fingerprint density at radius 2 is 1.43 bits per heavy atom. The smallest absolute Gasteiger partial charge is 0.0373 e. The van der Waals surface area contributed by atoms with Gasteiger partial charge in [0.2, 0.25) is 0 Å². The van der Waals surface area contributed by atoms with E-state index in [0.717, 1.165) is 38.5 Å². The average Bonchev–Trinajstić information content (AvgIpc) is 2.76. The molecule has 0 fully saturated rings. The number of hydrogen-bond acceptors (Lipinski definition) is 3. The molecule has 0 N–H and O–H groups in total. The molecule has 0 unspecified atom stereocenters. The Morgan fingerprint density at radius 3 is 2.18 bits per heavy atom. The molecule has 0 aliphatic rings. The Bertz CT molecular complexity index is 830. The highest BCUT2D eigenvalue weighted by molar-refractivity contribution is 7.99. The van der Waals surface area contributed by atoms with Crippen molar-refractivity contribution in [2.75, 3.05) is 43.4 Å². The summed E-state index contributed by atoms with van der Waals surface area (Å²) in [6.45, 7) is 10.0. The van der Waals surface area contributed by atoms with Crippen molar-refractivity contribution in [2.45, 2.75) is 25.2 Å². The zero-order valence-electron chi connectivity index (χ0n) is 17.2. The number of hydrogen-bond donors (Lipinski definition) is 0. The van der Waals surface area contributed by atoms with Gasteiger partial charge in [0.1, 0.15) is 0 Å². The summed E-state index contributed by atoms with van der Waals surface area (Å²) in [7, 11) is 0. The molecular weight excluding hydrogens is 360 g/mol. The van der Waals surface area contributed by atoms with Gasteiger partial charge in [0.25, 0.3) is 0 Å². The lowest BCUT2D eigenvalue weighted by atomic mass is 10.1. The maximum atomic E-state index is 2.57. The van der Waals surface area contributed by atoms with Crippen molar-refractivity contribution in [3.8, 4) is 0 Å². The predicted octanol–water partition coefficient (Wildman–Crippen LogP) is 6.17. The van der Waals surface area contributed by atoms with Gasteiger partial charge in [-0.2, -0.15) is 0 Å². The van der Waals surface area contributed by atoms with Crippen LogP contribution in [0, 0.1) is 0 Å². The monoisotopic (exact) mass is 392 g/mol. The molecule has 28 heavy (non-hydrogen) atoms. The van der Waals surface area contributed by atoms with E-state index in [9.17, 15) is 0 Å². The second-order valence-electron chi connectivity index (χ2n) is 7.06. The summed E-state index contributed by atoms with van der Waals surface area (Å²) in [6, 6.07) is 26.3. The van der Waals surface area contributed by atoms with Crippen molar-refractivity contribution in [2.24, 2.45) is 0 Å². The maximum Gasteiger partial charge on any atom is 0.0373 e. The van der Waals surface area contributed by atoms with E-state index in [1.165, 1.54) is 27.8 Å². The van der Waals surface area contributed by atoms with Gasteiger partial charge >= 0.3 is 0 Å². The van der Waals surface area contributed by atoms with Gasteiger partial charge in [0.15, 0.2) is 0 Å². The van der Waals surface area contributed by atoms with E-state index in [2.05, 4.69) is 96.4 Å². The number of benzene rings is 3. The molecule has 0 aliphatic heterocycles. The lowest BCUT2D eigenvalue weighted by molar-refractivity contribution is 0.309. The first-order valence-electron chi connectivity index (χ1n) is 10.4. The zero-order valence-corrected chi connectivity index (χ0v) is 18.0. The molecule has 0 spiro atoms. The second kappa shape index (κ2) is 11.1. The third-order valence-corrected chi connectivity index (χ3v) is 6.36. The molecule has 148 valence electrons. The highest BCUT2D eigenvalue weighted by Crippen LogP contribution is 2.23. The molecule has 0 atom stereocenters. The van der Waals surface area contributed by atoms with Crippen molar-refractivity contribution >= 4 is 28.2 Å². The fourth-order valence-electron chi connectivity index (χ4n) is 3.51. The standard InChI is InChI=1S/C25H32N2S/c1-3-26(4-2)18-19-27(17-10-20-28-25-13-6-5-7-14-25)24-16-15-22-11-8-9-12-23(22)21-24/h5-9,11-16,21H,3-4,10,17-20H2,1-2H3. The normalized spacial score (nSPS) is 11.2. The van der Waals surface area contributed by atoms with Crippen LogP contribution in [0.3, 0.4) is 0 Å². The van der Waals surface area contributed by atoms with Gasteiger partial charge in [-0.25, -0.2) is 0 Å². The summed E-state index contributed by atoms with van der Waals surface area (Å²) in [6.07, 6.45) is 1.19. The van der Waals surface area contributed by atoms with Crippen LogP contribution in [0.2, 0.25) is 0 Å². The highest BCUT2D eigenvalue weighted by Gasteiger charge is 2.09. The quantitative estimate of drug-likeness (QED) is 0.284. The largest absolute Gasteiger partial charge is 0.370 e. The van der Waals surface area contributed by atoms with Crippen LogP contribution in [0.15, 0.2) is 77.7 Å². The van der Waals surface area contributed by atoms with Crippen molar-refractivity contribution in [1.82, 2.24) is 4.90 Å². The van der Waals surface area contributed by atoms with Crippen molar-refractivity contribution in [3.63, 3.8) is 0 Å². The van der Waals surface area contributed by atoms with Gasteiger partial charge in [-0.05, 0) is 60.3 Å². The van der Waals surface area contributed by atoms with Crippen LogP contribution in [0.5, 0.6) is 0 Å². The summed E-state index contributed by atoms with van der Waals surface area (Å²) in [4.78, 5) is 6.44. The van der Waals surface area contributed by atoms with Crippen LogP contribution in [0.1, 0.15) is 20.3 Å². The third kappa shape index (κ3) is 6.02. The Kier molecular flexibility index (Phi) is 8.25. The lowest BCUT2D eigenvalue weighted by Gasteiger charge is -2.28. The number of fused-ring (bicyclic) bond motifs is 1. The minimum Gasteiger partial charge on any atom is -0.370 e. The Labute approximate surface area is 174 Å². The molecule has 0 amide bonds. The molecule has 0 saturated carbocycles. The fourth-order valence-corrected chi connectivity index (χ4v) is 4.37. The van der Waals surface area contributed by atoms with E-state index < -0.39 is 0 Å². The van der Waals surface area contributed by atoms with E-state index in [0.29, 0.717) is 0 Å². The SMILES string of the molecule is CCN(CC)CCN(CCCSc1ccccc1)c1ccc2ccccc2c1. The van der Waals surface area contributed by atoms with E-state index in [1.807, 2.05) is 11.8 Å². The van der Waals surface area contributed by atoms with Gasteiger partial charge in [-0.15, -0.1) is 11.8 Å². The summed E-state index contributed by atoms with van der Waals surface area (Å²) in [5.74, 6) is 1.15. The molecule has 0 radical (unpaired) electrons. The average molecular weight is 393 g/mol. The number of anilines is 1. The molecule has 0 saturated heterocycles. The summed E-state index contributed by atoms with van der Waals surface area (Å²) >= 11 is 1.96. The number of rotatable bonds is 11. The summed E-state index contributed by atoms with van der Waals surface area (Å²) in [5.41, 5.74) is 1.34. The van der Waals surface area contributed by atoms with Gasteiger partial charge in [0, 0.05) is 30.2 Å². The molecule has 0 bridgehead atoms. The number of nitrogens with zero attached hydrogens (tertiary/aromatic N) is 2. The molecule has 3 heteroatoms. The van der Waals surface area contributed by atoms with E-state index in [1.54, 1.807) is 0 Å². The van der Waals surface area contributed by atoms with Crippen molar-refractivity contribution in [1.29, 1.82) is 0 Å². The first kappa shape index (κ1) is 20.8. The van der Waals surface area contributed by atoms with Gasteiger partial charge < -0.3 is 9.80 Å². The third-order valence-electron chi connectivity index (χ3n) is 5.26. The lowest BCUT2D eigenvalue weighted by Crippen LogP contribution is -2.35. The van der Waals surface area contributed by atoms with Crippen LogP contribution in [0.4, 0.5) is 5.69 Å². The first-order valence-corrected chi connectivity index (χ1v) is 11.4. The molecule has 3 aromatic carbocycles. The van der Waals surface area contributed by atoms with Crippen molar-refractivity contribution < 1.29 is 0 Å². The van der Waals surface area contributed by atoms with E-state index in [-0.39, 0.29) is 0 Å². The van der Waals surface area contributed by atoms with Gasteiger partial charge in [0.05, 0.1) is 0 Å². The van der Waals surface area contributed by atoms with Crippen LogP contribution in [-0.4, -0.2) is 43.4 Å². The van der Waals surface area contributed by atoms with Gasteiger partial charge in [-0.3, -0.25) is 0 Å². The molecule has 3 rings (SSSR count). The predicted molar refractivity (Wildman–Crippen MR) is 126 cm³/mol. The van der Waals surface area contributed by atoms with E-state index in [4.69, 9.17) is 0 Å². The Morgan fingerprint density at radius 1 is 0.714 bits per heavy atom. The number of likely N-dealkylation sites (N-methyl/N-ethyl adjacent to an activating group) is 1. The summed E-state index contributed by atoms with van der Waals surface area (Å²) < 4.78 is 0. The highest BCUT2D eigenvalue weighted by atomic mass is 32.2. The molecule has 0 aliphatic carbocycles. The molecule has 0 aromatic heterocycles. The molecule has 3 aromatic rings. The maximum absolute atomic E-state index is 2.57. The molecule has 2 nitrogen and oxygen atoms in total. The van der Waals surface area contributed by atoms with E-state index >= 15 is 0 Å². The minimum atomic E-state index is 1.08. The van der Waals surface area contributed by atoms with Crippen LogP contribution >= 0.6 is 11.8 Å². The molecular formula is C25H32N2S. The topological polar surface area (TPSA) is 6.48 Å². The van der Waals surface area contributed by atoms with Crippen molar-refractivity contribution in [3.05, 3.63) is 72.8 Å². The van der Waals surface area contributed by atoms with Crippen LogP contribution < -0.4 is 4.90 Å². The van der Waals surface area contributed by atoms with Gasteiger partial charge in [-0.1, -0.05) is 62.4 Å². The number of thioether (sulfide) groups is 1.